The van der Waals surface area contributed by atoms with Crippen molar-refractivity contribution in [2.75, 3.05) is 7.11 Å². The molecular weight excluding hydrogens is 348 g/mol. The summed E-state index contributed by atoms with van der Waals surface area (Å²) in [6.45, 7) is 0. The Kier molecular flexibility index (Phi) is 6.08. The maximum absolute atomic E-state index is 12.4. The summed E-state index contributed by atoms with van der Waals surface area (Å²) in [7, 11) is 1.23. The van der Waals surface area contributed by atoms with E-state index in [2.05, 4.69) is 5.32 Å². The standard InChI is InChI=1S/C17H15ClN2O5/c1-25-17(22)15(9-11-5-3-2-4-6-11)19-16(21)13-8-7-12(20(23)24)10-14(13)18/h2-8,10,15H,9H2,1H3,(H,19,21). The lowest BCUT2D eigenvalue weighted by Crippen LogP contribution is -2.43. The second-order valence-corrected chi connectivity index (χ2v) is 5.57. The van der Waals surface area contributed by atoms with Crippen LogP contribution < -0.4 is 5.32 Å². The van der Waals surface area contributed by atoms with Gasteiger partial charge in [-0.05, 0) is 11.6 Å². The van der Waals surface area contributed by atoms with E-state index in [0.29, 0.717) is 0 Å². The SMILES string of the molecule is COC(=O)C(Cc1ccccc1)NC(=O)c1ccc([N+](=O)[O-])cc1Cl. The Morgan fingerprint density at radius 3 is 2.48 bits per heavy atom. The highest BCUT2D eigenvalue weighted by atomic mass is 35.5. The number of rotatable bonds is 6. The molecule has 0 aromatic heterocycles. The van der Waals surface area contributed by atoms with Gasteiger partial charge in [0.15, 0.2) is 0 Å². The molecule has 0 aliphatic rings. The molecule has 0 bridgehead atoms. The molecule has 1 amide bonds. The number of methoxy groups -OCH3 is 1. The van der Waals surface area contributed by atoms with E-state index in [1.165, 1.54) is 19.2 Å². The van der Waals surface area contributed by atoms with Gasteiger partial charge in [0.05, 0.1) is 22.6 Å². The van der Waals surface area contributed by atoms with E-state index in [0.717, 1.165) is 11.6 Å². The summed E-state index contributed by atoms with van der Waals surface area (Å²) in [5.41, 5.74) is 0.651. The summed E-state index contributed by atoms with van der Waals surface area (Å²) in [4.78, 5) is 34.5. The van der Waals surface area contributed by atoms with Crippen LogP contribution in [0.5, 0.6) is 0 Å². The van der Waals surface area contributed by atoms with Gasteiger partial charge in [-0.15, -0.1) is 0 Å². The van der Waals surface area contributed by atoms with Gasteiger partial charge in [-0.1, -0.05) is 41.9 Å². The molecular formula is C17H15ClN2O5. The van der Waals surface area contributed by atoms with Gasteiger partial charge in [0, 0.05) is 18.6 Å². The number of amides is 1. The molecule has 0 spiro atoms. The highest BCUT2D eigenvalue weighted by molar-refractivity contribution is 6.34. The van der Waals surface area contributed by atoms with Crippen LogP contribution in [0.1, 0.15) is 15.9 Å². The third kappa shape index (κ3) is 4.77. The number of ether oxygens (including phenoxy) is 1. The largest absolute Gasteiger partial charge is 0.467 e. The number of hydrogen-bond acceptors (Lipinski definition) is 5. The van der Waals surface area contributed by atoms with Crippen LogP contribution in [0, 0.1) is 10.1 Å². The topological polar surface area (TPSA) is 98.5 Å². The fourth-order valence-electron chi connectivity index (χ4n) is 2.22. The summed E-state index contributed by atoms with van der Waals surface area (Å²) in [5.74, 6) is -1.22. The number of nitrogens with zero attached hydrogens (tertiary/aromatic N) is 1. The Morgan fingerprint density at radius 1 is 1.24 bits per heavy atom. The average molecular weight is 363 g/mol. The van der Waals surface area contributed by atoms with Gasteiger partial charge in [0.1, 0.15) is 6.04 Å². The quantitative estimate of drug-likeness (QED) is 0.484. The third-order valence-corrected chi connectivity index (χ3v) is 3.79. The van der Waals surface area contributed by atoms with Gasteiger partial charge >= 0.3 is 5.97 Å². The highest BCUT2D eigenvalue weighted by Gasteiger charge is 2.24. The van der Waals surface area contributed by atoms with E-state index in [1.54, 1.807) is 0 Å². The minimum absolute atomic E-state index is 0.0363. The maximum atomic E-state index is 12.4. The Labute approximate surface area is 148 Å². The van der Waals surface area contributed by atoms with Crippen LogP contribution in [0.4, 0.5) is 5.69 Å². The minimum Gasteiger partial charge on any atom is -0.467 e. The van der Waals surface area contributed by atoms with Gasteiger partial charge in [-0.25, -0.2) is 4.79 Å². The first kappa shape index (κ1) is 18.4. The van der Waals surface area contributed by atoms with Crippen LogP contribution in [0.25, 0.3) is 0 Å². The van der Waals surface area contributed by atoms with E-state index < -0.39 is 22.8 Å². The first-order valence-corrected chi connectivity index (χ1v) is 7.66. The van der Waals surface area contributed by atoms with Crippen LogP contribution in [-0.4, -0.2) is 30.0 Å². The average Bonchev–Trinajstić information content (AvgIpc) is 2.61. The van der Waals surface area contributed by atoms with Gasteiger partial charge in [0.25, 0.3) is 11.6 Å². The number of nitro groups is 1. The minimum atomic E-state index is -0.911. The van der Waals surface area contributed by atoms with Gasteiger partial charge < -0.3 is 10.1 Å². The zero-order valence-corrected chi connectivity index (χ0v) is 14.0. The van der Waals surface area contributed by atoms with Gasteiger partial charge in [0.2, 0.25) is 0 Å². The molecule has 1 unspecified atom stereocenters. The summed E-state index contributed by atoms with van der Waals surface area (Å²) in [5, 5.41) is 13.2. The van der Waals surface area contributed by atoms with Crippen LogP contribution in [-0.2, 0) is 16.0 Å². The van der Waals surface area contributed by atoms with Crippen LogP contribution in [0.3, 0.4) is 0 Å². The molecule has 8 heteroatoms. The lowest BCUT2D eigenvalue weighted by molar-refractivity contribution is -0.384. The normalized spacial score (nSPS) is 11.4. The molecule has 2 rings (SSSR count). The van der Waals surface area contributed by atoms with Gasteiger partial charge in [-0.2, -0.15) is 0 Å². The predicted octanol–water partition coefficient (Wildman–Crippen LogP) is 2.76. The number of carbonyl (C=O) groups excluding carboxylic acids is 2. The van der Waals surface area contributed by atoms with Crippen molar-refractivity contribution in [2.24, 2.45) is 0 Å². The van der Waals surface area contributed by atoms with Gasteiger partial charge in [-0.3, -0.25) is 14.9 Å². The van der Waals surface area contributed by atoms with Crippen molar-refractivity contribution in [1.82, 2.24) is 5.32 Å². The lowest BCUT2D eigenvalue weighted by Gasteiger charge is -2.17. The van der Waals surface area contributed by atoms with Crippen molar-refractivity contribution in [2.45, 2.75) is 12.5 Å². The molecule has 0 fully saturated rings. The first-order chi connectivity index (χ1) is 11.9. The van der Waals surface area contributed by atoms with E-state index in [9.17, 15) is 19.7 Å². The molecule has 2 aromatic carbocycles. The molecule has 25 heavy (non-hydrogen) atoms. The van der Waals surface area contributed by atoms with Crippen LogP contribution in [0.2, 0.25) is 5.02 Å². The smallest absolute Gasteiger partial charge is 0.328 e. The number of nitrogens with one attached hydrogen (secondary N) is 1. The molecule has 0 radical (unpaired) electrons. The second-order valence-electron chi connectivity index (χ2n) is 5.16. The van der Waals surface area contributed by atoms with Crippen molar-refractivity contribution in [3.63, 3.8) is 0 Å². The molecule has 0 heterocycles. The maximum Gasteiger partial charge on any atom is 0.328 e. The van der Waals surface area contributed by atoms with Crippen molar-refractivity contribution in [3.05, 3.63) is 74.8 Å². The van der Waals surface area contributed by atoms with Crippen molar-refractivity contribution >= 4 is 29.2 Å². The molecule has 130 valence electrons. The molecule has 2 aromatic rings. The molecule has 0 aliphatic heterocycles. The molecule has 1 N–H and O–H groups in total. The summed E-state index contributed by atoms with van der Waals surface area (Å²) in [6.07, 6.45) is 0.240. The molecule has 0 saturated carbocycles. The molecule has 1 atom stereocenters. The Bertz CT molecular complexity index is 795. The summed E-state index contributed by atoms with van der Waals surface area (Å²) in [6, 6.07) is 11.7. The number of halogens is 1. The molecule has 0 aliphatic carbocycles. The summed E-state index contributed by atoms with van der Waals surface area (Å²) < 4.78 is 4.73. The monoisotopic (exact) mass is 362 g/mol. The van der Waals surface area contributed by atoms with E-state index in [-0.39, 0.29) is 22.7 Å². The van der Waals surface area contributed by atoms with E-state index in [1.807, 2.05) is 30.3 Å². The number of nitro benzene ring substituents is 1. The molecule has 0 saturated heterocycles. The summed E-state index contributed by atoms with van der Waals surface area (Å²) >= 11 is 5.94. The van der Waals surface area contributed by atoms with Crippen LogP contribution >= 0.6 is 11.6 Å². The Balaban J connectivity index is 2.19. The Hall–Kier alpha value is -2.93. The zero-order chi connectivity index (χ0) is 18.4. The number of benzene rings is 2. The fraction of sp³-hybridized carbons (Fsp3) is 0.176. The Morgan fingerprint density at radius 2 is 1.92 bits per heavy atom. The molecule has 7 nitrogen and oxygen atoms in total. The van der Waals surface area contributed by atoms with Crippen molar-refractivity contribution in [3.8, 4) is 0 Å². The van der Waals surface area contributed by atoms with Crippen molar-refractivity contribution in [1.29, 1.82) is 0 Å². The lowest BCUT2D eigenvalue weighted by atomic mass is 10.1. The number of esters is 1. The number of carbonyl (C=O) groups is 2. The second kappa shape index (κ2) is 8.25. The fourth-order valence-corrected chi connectivity index (χ4v) is 2.48. The third-order valence-electron chi connectivity index (χ3n) is 3.48. The zero-order valence-electron chi connectivity index (χ0n) is 13.3. The van der Waals surface area contributed by atoms with E-state index in [4.69, 9.17) is 16.3 Å². The van der Waals surface area contributed by atoms with Crippen LogP contribution in [0.15, 0.2) is 48.5 Å². The number of hydrogen-bond donors (Lipinski definition) is 1. The highest BCUT2D eigenvalue weighted by Crippen LogP contribution is 2.22. The van der Waals surface area contributed by atoms with E-state index >= 15 is 0 Å². The predicted molar refractivity (Wildman–Crippen MR) is 91.5 cm³/mol. The number of non-ortho nitro benzene ring substituents is 1. The van der Waals surface area contributed by atoms with Crippen molar-refractivity contribution < 1.29 is 19.2 Å². The first-order valence-electron chi connectivity index (χ1n) is 7.29.